The highest BCUT2D eigenvalue weighted by atomic mass is 16.6. The van der Waals surface area contributed by atoms with Crippen LogP contribution in [0.2, 0.25) is 0 Å². The molecule has 0 saturated carbocycles. The number of ether oxygens (including phenoxy) is 2. The highest BCUT2D eigenvalue weighted by Crippen LogP contribution is 2.35. The second kappa shape index (κ2) is 6.68. The summed E-state index contributed by atoms with van der Waals surface area (Å²) in [5.74, 6) is 1.51. The zero-order valence-corrected chi connectivity index (χ0v) is 13.8. The lowest BCUT2D eigenvalue weighted by molar-refractivity contribution is 0.171. The summed E-state index contributed by atoms with van der Waals surface area (Å²) in [5.41, 5.74) is 6.47. The van der Waals surface area contributed by atoms with Gasteiger partial charge in [0.1, 0.15) is 18.9 Å². The molecule has 0 fully saturated rings. The van der Waals surface area contributed by atoms with Crippen molar-refractivity contribution in [1.29, 1.82) is 0 Å². The van der Waals surface area contributed by atoms with Gasteiger partial charge in [0.05, 0.1) is 11.9 Å². The van der Waals surface area contributed by atoms with Crippen LogP contribution in [0.25, 0.3) is 16.9 Å². The van der Waals surface area contributed by atoms with E-state index in [1.54, 1.807) is 13.3 Å². The zero-order valence-electron chi connectivity index (χ0n) is 13.8. The van der Waals surface area contributed by atoms with Crippen LogP contribution in [0.1, 0.15) is 5.56 Å². The third kappa shape index (κ3) is 3.06. The van der Waals surface area contributed by atoms with Gasteiger partial charge in [0.25, 0.3) is 0 Å². The van der Waals surface area contributed by atoms with E-state index < -0.39 is 0 Å². The van der Waals surface area contributed by atoms with Crippen LogP contribution in [0.4, 0.5) is 0 Å². The van der Waals surface area contributed by atoms with Gasteiger partial charge in [-0.1, -0.05) is 18.2 Å². The predicted octanol–water partition coefficient (Wildman–Crippen LogP) is 2.86. The average Bonchev–Trinajstić information content (AvgIpc) is 3.11. The van der Waals surface area contributed by atoms with Crippen molar-refractivity contribution >= 4 is 6.21 Å². The summed E-state index contributed by atoms with van der Waals surface area (Å²) in [6.45, 7) is 1.14. The first-order chi connectivity index (χ1) is 12.3. The molecule has 0 atom stereocenters. The number of hydrogen-bond donors (Lipinski definition) is 1. The van der Waals surface area contributed by atoms with Crippen molar-refractivity contribution in [2.24, 2.45) is 5.10 Å². The predicted molar refractivity (Wildman–Crippen MR) is 96.6 cm³/mol. The van der Waals surface area contributed by atoms with E-state index in [4.69, 9.17) is 14.6 Å². The van der Waals surface area contributed by atoms with Crippen molar-refractivity contribution in [3.63, 3.8) is 0 Å². The molecular weight excluding hydrogens is 316 g/mol. The van der Waals surface area contributed by atoms with E-state index >= 15 is 0 Å². The quantitative estimate of drug-likeness (QED) is 0.589. The number of fused-ring (bicyclic) bond motifs is 1. The number of hydrogen-bond acceptors (Lipinski definition) is 5. The van der Waals surface area contributed by atoms with Gasteiger partial charge in [-0.15, -0.1) is 0 Å². The number of hydrazone groups is 1. The first-order valence-electron chi connectivity index (χ1n) is 8.10. The fraction of sp³-hybridized carbons (Fsp3) is 0.158. The lowest BCUT2D eigenvalue weighted by atomic mass is 10.1. The molecule has 6 nitrogen and oxygen atoms in total. The van der Waals surface area contributed by atoms with E-state index in [0.717, 1.165) is 34.0 Å². The van der Waals surface area contributed by atoms with E-state index in [1.807, 2.05) is 59.4 Å². The number of aromatic nitrogens is 2. The Morgan fingerprint density at radius 2 is 1.88 bits per heavy atom. The zero-order chi connectivity index (χ0) is 17.1. The van der Waals surface area contributed by atoms with E-state index in [1.165, 1.54) is 0 Å². The average molecular weight is 334 g/mol. The van der Waals surface area contributed by atoms with Gasteiger partial charge in [0.2, 0.25) is 0 Å². The molecular formula is C19H18N4O2. The summed E-state index contributed by atoms with van der Waals surface area (Å²) in [7, 11) is 1.77. The van der Waals surface area contributed by atoms with Crippen LogP contribution >= 0.6 is 0 Å². The highest BCUT2D eigenvalue weighted by Gasteiger charge is 2.16. The smallest absolute Gasteiger partial charge is 0.162 e. The molecule has 2 aromatic carbocycles. The highest BCUT2D eigenvalue weighted by molar-refractivity contribution is 5.89. The maximum absolute atomic E-state index is 5.69. The summed E-state index contributed by atoms with van der Waals surface area (Å²) in [4.78, 5) is 0. The minimum Gasteiger partial charge on any atom is -0.486 e. The summed E-state index contributed by atoms with van der Waals surface area (Å²) >= 11 is 0. The van der Waals surface area contributed by atoms with Gasteiger partial charge in [0, 0.05) is 24.4 Å². The molecule has 0 aliphatic carbocycles. The summed E-state index contributed by atoms with van der Waals surface area (Å²) in [5, 5.41) is 8.89. The normalized spacial score (nSPS) is 13.2. The van der Waals surface area contributed by atoms with E-state index in [-0.39, 0.29) is 0 Å². The Bertz CT molecular complexity index is 903. The van der Waals surface area contributed by atoms with Crippen LogP contribution in [-0.4, -0.2) is 36.3 Å². The molecule has 0 bridgehead atoms. The standard InChI is InChI=1S/C19H18N4O2/c1-20-21-12-15-13-23(16-5-3-2-4-6-16)22-19(15)14-7-8-17-18(11-14)25-10-9-24-17/h2-8,11-13,20H,9-10H2,1H3/b21-12+. The van der Waals surface area contributed by atoms with Crippen LogP contribution in [0.3, 0.4) is 0 Å². The molecule has 4 rings (SSSR count). The Hall–Kier alpha value is -3.28. The third-order valence-electron chi connectivity index (χ3n) is 3.91. The van der Waals surface area contributed by atoms with Crippen molar-refractivity contribution in [1.82, 2.24) is 15.2 Å². The van der Waals surface area contributed by atoms with Crippen LogP contribution in [-0.2, 0) is 0 Å². The Balaban J connectivity index is 1.80. The monoisotopic (exact) mass is 334 g/mol. The molecule has 1 aromatic heterocycles. The third-order valence-corrected chi connectivity index (χ3v) is 3.91. The molecule has 0 saturated heterocycles. The molecule has 0 amide bonds. The van der Waals surface area contributed by atoms with E-state index in [0.29, 0.717) is 13.2 Å². The van der Waals surface area contributed by atoms with Crippen LogP contribution in [0.15, 0.2) is 59.8 Å². The van der Waals surface area contributed by atoms with Crippen molar-refractivity contribution in [3.8, 4) is 28.4 Å². The van der Waals surface area contributed by atoms with Crippen molar-refractivity contribution in [2.45, 2.75) is 0 Å². The first-order valence-corrected chi connectivity index (χ1v) is 8.10. The Morgan fingerprint density at radius 1 is 1.08 bits per heavy atom. The van der Waals surface area contributed by atoms with Gasteiger partial charge >= 0.3 is 0 Å². The lowest BCUT2D eigenvalue weighted by Gasteiger charge is -2.18. The minimum atomic E-state index is 0.559. The van der Waals surface area contributed by atoms with Gasteiger partial charge in [-0.2, -0.15) is 10.2 Å². The molecule has 1 aliphatic heterocycles. The molecule has 0 unspecified atom stereocenters. The van der Waals surface area contributed by atoms with E-state index in [2.05, 4.69) is 10.5 Å². The van der Waals surface area contributed by atoms with Crippen molar-refractivity contribution < 1.29 is 9.47 Å². The SMILES string of the molecule is CN/N=C/c1cn(-c2ccccc2)nc1-c1ccc2c(c1)OCCO2. The largest absolute Gasteiger partial charge is 0.486 e. The van der Waals surface area contributed by atoms with Crippen molar-refractivity contribution in [2.75, 3.05) is 20.3 Å². The number of para-hydroxylation sites is 1. The van der Waals surface area contributed by atoms with Gasteiger partial charge in [-0.25, -0.2) is 4.68 Å². The number of nitrogens with zero attached hydrogens (tertiary/aromatic N) is 3. The molecule has 25 heavy (non-hydrogen) atoms. The maximum Gasteiger partial charge on any atom is 0.162 e. The van der Waals surface area contributed by atoms with Gasteiger partial charge in [-0.3, -0.25) is 0 Å². The second-order valence-corrected chi connectivity index (χ2v) is 5.55. The molecule has 126 valence electrons. The fourth-order valence-corrected chi connectivity index (χ4v) is 2.74. The number of nitrogens with one attached hydrogen (secondary N) is 1. The summed E-state index contributed by atoms with van der Waals surface area (Å²) < 4.78 is 13.1. The van der Waals surface area contributed by atoms with Crippen molar-refractivity contribution in [3.05, 3.63) is 60.3 Å². The first kappa shape index (κ1) is 15.3. The number of rotatable bonds is 4. The molecule has 2 heterocycles. The van der Waals surface area contributed by atoms with E-state index in [9.17, 15) is 0 Å². The molecule has 1 N–H and O–H groups in total. The van der Waals surface area contributed by atoms with Crippen LogP contribution < -0.4 is 14.9 Å². The number of benzene rings is 2. The van der Waals surface area contributed by atoms with Crippen LogP contribution in [0, 0.1) is 0 Å². The minimum absolute atomic E-state index is 0.559. The topological polar surface area (TPSA) is 60.7 Å². The summed E-state index contributed by atoms with van der Waals surface area (Å²) in [6.07, 6.45) is 3.72. The lowest BCUT2D eigenvalue weighted by Crippen LogP contribution is -2.15. The Kier molecular flexibility index (Phi) is 4.08. The summed E-state index contributed by atoms with van der Waals surface area (Å²) in [6, 6.07) is 15.9. The molecule has 0 radical (unpaired) electrons. The molecule has 0 spiro atoms. The van der Waals surface area contributed by atoms with Gasteiger partial charge < -0.3 is 14.9 Å². The van der Waals surface area contributed by atoms with Crippen LogP contribution in [0.5, 0.6) is 11.5 Å². The molecule has 3 aromatic rings. The molecule has 6 heteroatoms. The second-order valence-electron chi connectivity index (χ2n) is 5.55. The van der Waals surface area contributed by atoms with Gasteiger partial charge in [0.15, 0.2) is 11.5 Å². The fourth-order valence-electron chi connectivity index (χ4n) is 2.74. The Labute approximate surface area is 145 Å². The molecule has 1 aliphatic rings. The Morgan fingerprint density at radius 3 is 2.68 bits per heavy atom. The maximum atomic E-state index is 5.69. The van der Waals surface area contributed by atoms with Gasteiger partial charge in [-0.05, 0) is 30.3 Å².